The molecular weight excluding hydrogens is 502 g/mol. The number of aromatic nitrogens is 2. The fraction of sp³-hybridized carbons (Fsp3) is 0.361. The highest BCUT2D eigenvalue weighted by Crippen LogP contribution is 2.18. The van der Waals surface area contributed by atoms with Crippen molar-refractivity contribution in [2.45, 2.75) is 73.6 Å². The lowest BCUT2D eigenvalue weighted by Gasteiger charge is -2.20. The summed E-state index contributed by atoms with van der Waals surface area (Å²) < 4.78 is 0. The molecule has 1 aliphatic rings. The van der Waals surface area contributed by atoms with Crippen LogP contribution in [-0.2, 0) is 6.42 Å². The van der Waals surface area contributed by atoms with Gasteiger partial charge in [-0.2, -0.15) is 5.10 Å². The predicted molar refractivity (Wildman–Crippen MR) is 179 cm³/mol. The summed E-state index contributed by atoms with van der Waals surface area (Å²) in [7, 11) is 2.02. The molecule has 0 N–H and O–H groups in total. The number of benzene rings is 1. The fourth-order valence-corrected chi connectivity index (χ4v) is 3.66. The first-order valence-electron chi connectivity index (χ1n) is 14.8. The first-order valence-corrected chi connectivity index (χ1v) is 14.8. The lowest BCUT2D eigenvalue weighted by Crippen LogP contribution is -2.16. The van der Waals surface area contributed by atoms with Crippen molar-refractivity contribution in [3.8, 4) is 11.4 Å². The molecule has 0 unspecified atom stereocenters. The molecule has 1 heterocycles. The molecular formula is C36H51N5. The topological polar surface area (TPSA) is 44.6 Å². The molecule has 2 aromatic rings. The lowest BCUT2D eigenvalue weighted by molar-refractivity contribution is 0.444. The molecule has 1 aliphatic carbocycles. The summed E-state index contributed by atoms with van der Waals surface area (Å²) >= 11 is 0. The van der Waals surface area contributed by atoms with E-state index < -0.39 is 0 Å². The molecule has 0 amide bonds. The largest absolute Gasteiger partial charge is 0.379 e. The van der Waals surface area contributed by atoms with Crippen LogP contribution in [0.3, 0.4) is 0 Å². The van der Waals surface area contributed by atoms with Gasteiger partial charge in [-0.05, 0) is 76.7 Å². The molecule has 220 valence electrons. The third kappa shape index (κ3) is 13.8. The molecule has 5 nitrogen and oxygen atoms in total. The standard InChI is InChI=1S/C19H20N2.C15H25N3.C2H6/c1-15-6-5-9-18(12-15)19-20-13-17(14-21-19)11-10-16-7-3-2-4-8-16;1-7-11-12-18(16-14(5)8-2)15(9-3)13-17(6)10-4;1-2/h3,5-9,12-14H,2,4,10-11H2,1H3;7,9,11-13H,1,3,8,10H2,2,4-6H3;1-2H3/b;12-11-,15-13+,16-14+;. The molecule has 5 heteroatoms. The maximum atomic E-state index is 4.54. The molecule has 1 aromatic carbocycles. The zero-order valence-corrected chi connectivity index (χ0v) is 26.5. The van der Waals surface area contributed by atoms with Crippen molar-refractivity contribution in [3.63, 3.8) is 0 Å². The first kappa shape index (κ1) is 35.0. The van der Waals surface area contributed by atoms with E-state index in [9.17, 15) is 0 Å². The van der Waals surface area contributed by atoms with Crippen molar-refractivity contribution >= 4 is 5.71 Å². The number of nitrogens with zero attached hydrogens (tertiary/aromatic N) is 5. The number of rotatable bonds is 12. The Labute approximate surface area is 250 Å². The Bertz CT molecular complexity index is 1200. The van der Waals surface area contributed by atoms with Gasteiger partial charge >= 0.3 is 0 Å². The quantitative estimate of drug-likeness (QED) is 0.149. The summed E-state index contributed by atoms with van der Waals surface area (Å²) in [5, 5.41) is 6.36. The van der Waals surface area contributed by atoms with Crippen LogP contribution < -0.4 is 0 Å². The Kier molecular flexibility index (Phi) is 17.8. The van der Waals surface area contributed by atoms with Crippen molar-refractivity contribution in [2.75, 3.05) is 13.6 Å². The van der Waals surface area contributed by atoms with Crippen LogP contribution in [-0.4, -0.2) is 39.2 Å². The highest BCUT2D eigenvalue weighted by atomic mass is 15.5. The summed E-state index contributed by atoms with van der Waals surface area (Å²) in [6.45, 7) is 20.7. The van der Waals surface area contributed by atoms with E-state index in [0.29, 0.717) is 0 Å². The van der Waals surface area contributed by atoms with Crippen LogP contribution in [0.2, 0.25) is 0 Å². The van der Waals surface area contributed by atoms with E-state index in [4.69, 9.17) is 0 Å². The van der Waals surface area contributed by atoms with Crippen LogP contribution >= 0.6 is 0 Å². The highest BCUT2D eigenvalue weighted by molar-refractivity contribution is 5.81. The number of allylic oxidation sites excluding steroid dienone is 7. The minimum absolute atomic E-state index is 0.805. The summed E-state index contributed by atoms with van der Waals surface area (Å²) in [5.74, 6) is 0.805. The minimum Gasteiger partial charge on any atom is -0.379 e. The number of hydrazone groups is 1. The zero-order valence-electron chi connectivity index (χ0n) is 26.5. The van der Waals surface area contributed by atoms with E-state index in [1.165, 1.54) is 29.5 Å². The van der Waals surface area contributed by atoms with Crippen LogP contribution in [0.5, 0.6) is 0 Å². The van der Waals surface area contributed by atoms with Crippen LogP contribution in [0.15, 0.2) is 115 Å². The van der Waals surface area contributed by atoms with Crippen LogP contribution in [0.4, 0.5) is 0 Å². The minimum atomic E-state index is 0.805. The van der Waals surface area contributed by atoms with Gasteiger partial charge in [0.25, 0.3) is 0 Å². The Morgan fingerprint density at radius 2 is 1.80 bits per heavy atom. The van der Waals surface area contributed by atoms with Gasteiger partial charge in [0.05, 0.1) is 5.70 Å². The SMILES string of the molecule is C=C/C=C\N(/N=C(\C)CC)/C(C=C)=C/N(C)CC.CC.Cc1cccc(-c2ncc(CCC3=CCCC=C3)cn2)c1. The van der Waals surface area contributed by atoms with E-state index >= 15 is 0 Å². The monoisotopic (exact) mass is 553 g/mol. The van der Waals surface area contributed by atoms with E-state index in [-0.39, 0.29) is 0 Å². The van der Waals surface area contributed by atoms with Gasteiger partial charge in [0.2, 0.25) is 0 Å². The number of aryl methyl sites for hydroxylation is 2. The van der Waals surface area contributed by atoms with Gasteiger partial charge in [0, 0.05) is 49.7 Å². The van der Waals surface area contributed by atoms with Gasteiger partial charge in [0.15, 0.2) is 5.82 Å². The van der Waals surface area contributed by atoms with Crippen LogP contribution in [0.1, 0.15) is 71.4 Å². The molecule has 0 saturated carbocycles. The summed E-state index contributed by atoms with van der Waals surface area (Å²) in [6.07, 6.45) is 25.4. The molecule has 0 bridgehead atoms. The summed E-state index contributed by atoms with van der Waals surface area (Å²) in [6, 6.07) is 8.30. The van der Waals surface area contributed by atoms with E-state index in [1.54, 1.807) is 12.2 Å². The molecule has 3 rings (SSSR count). The zero-order chi connectivity index (χ0) is 30.5. The van der Waals surface area contributed by atoms with Gasteiger partial charge in [-0.1, -0.05) is 87.6 Å². The maximum absolute atomic E-state index is 4.54. The Morgan fingerprint density at radius 1 is 1.07 bits per heavy atom. The van der Waals surface area contributed by atoms with Crippen molar-refractivity contribution in [3.05, 3.63) is 121 Å². The first-order chi connectivity index (χ1) is 19.9. The normalized spacial score (nSPS) is 12.9. The molecule has 0 aliphatic heterocycles. The second kappa shape index (κ2) is 20.8. The molecule has 41 heavy (non-hydrogen) atoms. The van der Waals surface area contributed by atoms with E-state index in [1.807, 2.05) is 69.8 Å². The summed E-state index contributed by atoms with van der Waals surface area (Å²) in [5.41, 5.74) is 6.95. The third-order valence-corrected chi connectivity index (χ3v) is 6.23. The third-order valence-electron chi connectivity index (χ3n) is 6.23. The summed E-state index contributed by atoms with van der Waals surface area (Å²) in [4.78, 5) is 11.1. The van der Waals surface area contributed by atoms with Crippen molar-refractivity contribution in [1.82, 2.24) is 19.9 Å². The smallest absolute Gasteiger partial charge is 0.159 e. The lowest BCUT2D eigenvalue weighted by atomic mass is 10.0. The highest BCUT2D eigenvalue weighted by Gasteiger charge is 2.04. The van der Waals surface area contributed by atoms with Crippen LogP contribution in [0.25, 0.3) is 11.4 Å². The average molecular weight is 554 g/mol. The Morgan fingerprint density at radius 3 is 2.37 bits per heavy atom. The van der Waals surface area contributed by atoms with Gasteiger partial charge < -0.3 is 4.90 Å². The molecule has 0 radical (unpaired) electrons. The number of hydrogen-bond donors (Lipinski definition) is 0. The van der Waals surface area contributed by atoms with E-state index in [0.717, 1.165) is 48.6 Å². The van der Waals surface area contributed by atoms with Crippen LogP contribution in [0, 0.1) is 6.92 Å². The number of hydrogen-bond acceptors (Lipinski definition) is 5. The van der Waals surface area contributed by atoms with Crippen molar-refractivity contribution in [2.24, 2.45) is 5.10 Å². The predicted octanol–water partition coefficient (Wildman–Crippen LogP) is 9.44. The van der Waals surface area contributed by atoms with Crippen molar-refractivity contribution < 1.29 is 0 Å². The van der Waals surface area contributed by atoms with Gasteiger partial charge in [-0.15, -0.1) is 0 Å². The fourth-order valence-electron chi connectivity index (χ4n) is 3.66. The van der Waals surface area contributed by atoms with Gasteiger partial charge in [-0.25, -0.2) is 15.0 Å². The second-order valence-corrected chi connectivity index (χ2v) is 9.49. The molecule has 0 saturated heterocycles. The maximum Gasteiger partial charge on any atom is 0.159 e. The second-order valence-electron chi connectivity index (χ2n) is 9.49. The van der Waals surface area contributed by atoms with Gasteiger partial charge in [-0.3, -0.25) is 0 Å². The average Bonchev–Trinajstić information content (AvgIpc) is 3.02. The van der Waals surface area contributed by atoms with Gasteiger partial charge in [0.1, 0.15) is 0 Å². The van der Waals surface area contributed by atoms with Crippen molar-refractivity contribution in [1.29, 1.82) is 0 Å². The Hall–Kier alpha value is -3.99. The Balaban J connectivity index is 0.000000393. The molecule has 0 atom stereocenters. The van der Waals surface area contributed by atoms with E-state index in [2.05, 4.69) is 90.3 Å². The molecule has 1 aromatic heterocycles. The molecule has 0 spiro atoms. The molecule has 0 fully saturated rings.